The molecule has 2 aliphatic carbocycles. The molecule has 2 atom stereocenters. The van der Waals surface area contributed by atoms with Crippen LogP contribution < -0.4 is 0 Å². The lowest BCUT2D eigenvalue weighted by Gasteiger charge is -2.27. The Kier molecular flexibility index (Phi) is 5.01. The number of hydrogen-bond donors (Lipinski definition) is 2. The molecule has 0 heterocycles. The van der Waals surface area contributed by atoms with Gasteiger partial charge in [0.1, 0.15) is 0 Å². The third kappa shape index (κ3) is 3.95. The maximum Gasteiger partial charge on any atom is 0.308 e. The lowest BCUT2D eigenvalue weighted by molar-refractivity contribution is -0.152. The predicted molar refractivity (Wildman–Crippen MR) is 66.9 cm³/mol. The molecule has 0 saturated heterocycles. The fourth-order valence-electron chi connectivity index (χ4n) is 3.04. The lowest BCUT2D eigenvalue weighted by Crippen LogP contribution is -2.29. The number of esters is 1. The van der Waals surface area contributed by atoms with Crippen molar-refractivity contribution in [3.05, 3.63) is 0 Å². The van der Waals surface area contributed by atoms with Crippen molar-refractivity contribution in [1.82, 2.24) is 0 Å². The van der Waals surface area contributed by atoms with Crippen LogP contribution in [0, 0.1) is 11.8 Å². The van der Waals surface area contributed by atoms with Crippen LogP contribution in [-0.2, 0) is 9.53 Å². The van der Waals surface area contributed by atoms with Gasteiger partial charge < -0.3 is 14.9 Å². The van der Waals surface area contributed by atoms with E-state index in [0.29, 0.717) is 25.4 Å². The van der Waals surface area contributed by atoms with Crippen molar-refractivity contribution in [1.29, 1.82) is 0 Å². The first-order chi connectivity index (χ1) is 8.65. The highest BCUT2D eigenvalue weighted by molar-refractivity contribution is 5.72. The van der Waals surface area contributed by atoms with E-state index in [0.717, 1.165) is 38.5 Å². The highest BCUT2D eigenvalue weighted by Gasteiger charge is 2.28. The smallest absolute Gasteiger partial charge is 0.308 e. The summed E-state index contributed by atoms with van der Waals surface area (Å²) < 4.78 is 5.37. The van der Waals surface area contributed by atoms with Crippen molar-refractivity contribution < 1.29 is 19.7 Å². The molecule has 4 heteroatoms. The van der Waals surface area contributed by atoms with E-state index in [1.807, 2.05) is 0 Å². The van der Waals surface area contributed by atoms with E-state index in [1.165, 1.54) is 0 Å². The van der Waals surface area contributed by atoms with Crippen LogP contribution in [0.2, 0.25) is 0 Å². The Morgan fingerprint density at radius 2 is 1.72 bits per heavy atom. The van der Waals surface area contributed by atoms with Gasteiger partial charge in [-0.1, -0.05) is 6.42 Å². The molecule has 0 spiro atoms. The first kappa shape index (κ1) is 13.8. The highest BCUT2D eigenvalue weighted by Crippen LogP contribution is 2.27. The van der Waals surface area contributed by atoms with Crippen molar-refractivity contribution in [2.24, 2.45) is 11.8 Å². The molecule has 2 aliphatic rings. The van der Waals surface area contributed by atoms with Crippen LogP contribution in [0.4, 0.5) is 0 Å². The van der Waals surface area contributed by atoms with Crippen LogP contribution >= 0.6 is 0 Å². The topological polar surface area (TPSA) is 66.8 Å². The molecule has 1 unspecified atom stereocenters. The zero-order valence-corrected chi connectivity index (χ0v) is 10.9. The van der Waals surface area contributed by atoms with Crippen molar-refractivity contribution >= 4 is 5.97 Å². The average Bonchev–Trinajstić information content (AvgIpc) is 2.37. The van der Waals surface area contributed by atoms with Gasteiger partial charge in [0.05, 0.1) is 24.7 Å². The van der Waals surface area contributed by atoms with Gasteiger partial charge in [0.15, 0.2) is 0 Å². The number of aliphatic hydroxyl groups is 2. The number of ether oxygens (including phenoxy) is 1. The second kappa shape index (κ2) is 6.53. The highest BCUT2D eigenvalue weighted by atomic mass is 16.5. The molecular formula is C14H24O4. The van der Waals surface area contributed by atoms with Crippen LogP contribution in [0.15, 0.2) is 0 Å². The number of carbonyl (C=O) groups is 1. The van der Waals surface area contributed by atoms with E-state index < -0.39 is 0 Å². The molecule has 0 radical (unpaired) electrons. The molecule has 0 aromatic rings. The van der Waals surface area contributed by atoms with Crippen LogP contribution in [0.1, 0.15) is 51.4 Å². The first-order valence-electron chi connectivity index (χ1n) is 7.18. The maximum absolute atomic E-state index is 11.9. The Morgan fingerprint density at radius 1 is 1.00 bits per heavy atom. The maximum atomic E-state index is 11.9. The van der Waals surface area contributed by atoms with Crippen LogP contribution in [0.5, 0.6) is 0 Å². The number of hydrogen-bond acceptors (Lipinski definition) is 4. The monoisotopic (exact) mass is 256 g/mol. The van der Waals surface area contributed by atoms with E-state index in [-0.39, 0.29) is 24.1 Å². The normalized spacial score (nSPS) is 37.2. The summed E-state index contributed by atoms with van der Waals surface area (Å²) in [5, 5.41) is 18.9. The largest absolute Gasteiger partial charge is 0.465 e. The van der Waals surface area contributed by atoms with Gasteiger partial charge in [-0.3, -0.25) is 4.79 Å². The number of aliphatic hydroxyl groups excluding tert-OH is 2. The SMILES string of the molecule is O=C(OCC1CCC[C@@H](O)C1)C1CCC(O)CC1. The molecule has 2 fully saturated rings. The van der Waals surface area contributed by atoms with Gasteiger partial charge in [-0.05, 0) is 50.9 Å². The van der Waals surface area contributed by atoms with Crippen molar-refractivity contribution in [2.45, 2.75) is 63.6 Å². The van der Waals surface area contributed by atoms with Gasteiger partial charge in [-0.2, -0.15) is 0 Å². The quantitative estimate of drug-likeness (QED) is 0.753. The Labute approximate surface area is 108 Å². The van der Waals surface area contributed by atoms with E-state index in [1.54, 1.807) is 0 Å². The minimum absolute atomic E-state index is 0.0260. The third-order valence-electron chi connectivity index (χ3n) is 4.25. The van der Waals surface area contributed by atoms with Crippen molar-refractivity contribution in [3.8, 4) is 0 Å². The summed E-state index contributed by atoms with van der Waals surface area (Å²) in [5.74, 6) is 0.191. The van der Waals surface area contributed by atoms with E-state index in [4.69, 9.17) is 4.74 Å². The van der Waals surface area contributed by atoms with Gasteiger partial charge in [0, 0.05) is 0 Å². The summed E-state index contributed by atoms with van der Waals surface area (Å²) in [7, 11) is 0. The number of rotatable bonds is 3. The zero-order chi connectivity index (χ0) is 13.0. The van der Waals surface area contributed by atoms with Gasteiger partial charge in [-0.15, -0.1) is 0 Å². The Balaban J connectivity index is 1.68. The van der Waals surface area contributed by atoms with Gasteiger partial charge in [0.25, 0.3) is 0 Å². The standard InChI is InChI=1S/C14H24O4/c15-12-6-4-11(5-7-12)14(17)18-9-10-2-1-3-13(16)8-10/h10-13,15-16H,1-9H2/t10?,11?,12?,13-/m1/s1. The van der Waals surface area contributed by atoms with E-state index in [9.17, 15) is 15.0 Å². The minimum Gasteiger partial charge on any atom is -0.465 e. The second-order valence-electron chi connectivity index (χ2n) is 5.82. The zero-order valence-electron chi connectivity index (χ0n) is 10.9. The summed E-state index contributed by atoms with van der Waals surface area (Å²) >= 11 is 0. The van der Waals surface area contributed by atoms with Crippen LogP contribution in [0.25, 0.3) is 0 Å². The molecule has 0 aromatic heterocycles. The van der Waals surface area contributed by atoms with Crippen LogP contribution in [0.3, 0.4) is 0 Å². The first-order valence-corrected chi connectivity index (χ1v) is 7.18. The summed E-state index contributed by atoms with van der Waals surface area (Å²) in [4.78, 5) is 11.9. The number of carbonyl (C=O) groups excluding carboxylic acids is 1. The van der Waals surface area contributed by atoms with Gasteiger partial charge in [-0.25, -0.2) is 0 Å². The fourth-order valence-corrected chi connectivity index (χ4v) is 3.04. The summed E-state index contributed by atoms with van der Waals surface area (Å²) in [5.41, 5.74) is 0. The van der Waals surface area contributed by atoms with Crippen molar-refractivity contribution in [3.63, 3.8) is 0 Å². The van der Waals surface area contributed by atoms with Crippen LogP contribution in [-0.4, -0.2) is 35.0 Å². The lowest BCUT2D eigenvalue weighted by atomic mass is 9.87. The Morgan fingerprint density at radius 3 is 2.39 bits per heavy atom. The summed E-state index contributed by atoms with van der Waals surface area (Å²) in [6, 6.07) is 0. The van der Waals surface area contributed by atoms with Gasteiger partial charge >= 0.3 is 5.97 Å². The predicted octanol–water partition coefficient (Wildman–Crippen LogP) is 1.63. The molecule has 0 aliphatic heterocycles. The average molecular weight is 256 g/mol. The molecule has 2 N–H and O–H groups in total. The molecule has 0 amide bonds. The fraction of sp³-hybridized carbons (Fsp3) is 0.929. The van der Waals surface area contributed by atoms with E-state index >= 15 is 0 Å². The molecule has 18 heavy (non-hydrogen) atoms. The molecule has 0 aromatic carbocycles. The van der Waals surface area contributed by atoms with Crippen molar-refractivity contribution in [2.75, 3.05) is 6.61 Å². The second-order valence-corrected chi connectivity index (χ2v) is 5.82. The van der Waals surface area contributed by atoms with Gasteiger partial charge in [0.2, 0.25) is 0 Å². The molecule has 2 saturated carbocycles. The summed E-state index contributed by atoms with van der Waals surface area (Å²) in [6.45, 7) is 0.453. The molecule has 2 rings (SSSR count). The summed E-state index contributed by atoms with van der Waals surface area (Å²) in [6.07, 6.45) is 6.17. The molecule has 104 valence electrons. The van der Waals surface area contributed by atoms with E-state index in [2.05, 4.69) is 0 Å². The Hall–Kier alpha value is -0.610. The molecular weight excluding hydrogens is 232 g/mol. The molecule has 0 bridgehead atoms. The Bertz CT molecular complexity index is 271. The minimum atomic E-state index is -0.234. The third-order valence-corrected chi connectivity index (χ3v) is 4.25. The molecule has 4 nitrogen and oxygen atoms in total.